The Morgan fingerprint density at radius 3 is 1.34 bits per heavy atom. The van der Waals surface area contributed by atoms with Gasteiger partial charge in [-0.3, -0.25) is 19.2 Å². The Morgan fingerprint density at radius 1 is 0.684 bits per heavy atom. The van der Waals surface area contributed by atoms with Gasteiger partial charge in [0.1, 0.15) is 36.4 Å². The zero-order valence-corrected chi connectivity index (χ0v) is 20.9. The third-order valence-electron chi connectivity index (χ3n) is 4.11. The fourth-order valence-electron chi connectivity index (χ4n) is 1.78. The molecule has 226 valence electrons. The summed E-state index contributed by atoms with van der Waals surface area (Å²) in [4.78, 5) is 49.6. The molecule has 0 amide bonds. The van der Waals surface area contributed by atoms with Crippen LogP contribution in [0.2, 0.25) is 0 Å². The number of aliphatic hydroxyl groups excluding tert-OH is 4. The van der Waals surface area contributed by atoms with Crippen LogP contribution < -0.4 is 28.7 Å². The molecule has 0 aliphatic heterocycles. The van der Waals surface area contributed by atoms with Crippen LogP contribution in [0.25, 0.3) is 0 Å². The van der Waals surface area contributed by atoms with Gasteiger partial charge in [-0.25, -0.2) is 0 Å². The normalized spacial score (nSPS) is 14.7. The molecule has 0 heterocycles. The van der Waals surface area contributed by atoms with Gasteiger partial charge >= 0.3 is 23.9 Å². The first-order valence-electron chi connectivity index (χ1n) is 11.2. The van der Waals surface area contributed by atoms with E-state index >= 15 is 0 Å². The fraction of sp³-hybridized carbons (Fsp3) is 0.750. The first-order valence-corrected chi connectivity index (χ1v) is 11.2. The number of unbranched alkanes of at least 4 members (excludes halogenated alkanes) is 1. The molecule has 0 saturated heterocycles. The SMILES string of the molecule is NCCCC[C@H](N)C(=O)O.NCCC[C@H](N)C(=O)O.N[C@@H](CC(=O)O)C(=O)O.O=C[C@@H](O)[C@H](O)[C@H](O)CO. The van der Waals surface area contributed by atoms with Crippen LogP contribution >= 0.6 is 0 Å². The van der Waals surface area contributed by atoms with E-state index in [0.717, 1.165) is 12.8 Å². The van der Waals surface area contributed by atoms with Gasteiger partial charge in [-0.05, 0) is 38.8 Å². The summed E-state index contributed by atoms with van der Waals surface area (Å²) in [6.07, 6.45) is -1.86. The molecule has 18 N–H and O–H groups in total. The van der Waals surface area contributed by atoms with Gasteiger partial charge in [-0.15, -0.1) is 0 Å². The number of carbonyl (C=O) groups is 5. The minimum absolute atomic E-state index is 0.0869. The molecule has 38 heavy (non-hydrogen) atoms. The lowest BCUT2D eigenvalue weighted by Crippen LogP contribution is -2.40. The summed E-state index contributed by atoms with van der Waals surface area (Å²) < 4.78 is 0. The Labute approximate surface area is 219 Å². The minimum Gasteiger partial charge on any atom is -0.481 e. The molecule has 0 bridgehead atoms. The molecule has 0 spiro atoms. The van der Waals surface area contributed by atoms with E-state index in [0.29, 0.717) is 32.4 Å². The lowest BCUT2D eigenvalue weighted by atomic mass is 10.1. The van der Waals surface area contributed by atoms with Gasteiger partial charge < -0.3 is 74.3 Å². The van der Waals surface area contributed by atoms with Crippen LogP contribution in [0.15, 0.2) is 0 Å². The van der Waals surface area contributed by atoms with Crippen LogP contribution in [0.1, 0.15) is 38.5 Å². The van der Waals surface area contributed by atoms with Gasteiger partial charge in [0.2, 0.25) is 0 Å². The molecule has 0 rings (SSSR count). The summed E-state index contributed by atoms with van der Waals surface area (Å²) in [5.41, 5.74) is 25.5. The summed E-state index contributed by atoms with van der Waals surface area (Å²) in [5, 5.41) is 66.7. The number of hydrogen-bond donors (Lipinski definition) is 13. The number of nitrogens with two attached hydrogens (primary N) is 5. The van der Waals surface area contributed by atoms with Crippen molar-refractivity contribution >= 4 is 30.2 Å². The number of carbonyl (C=O) groups excluding carboxylic acids is 1. The molecule has 0 fully saturated rings. The molecular formula is C20H43N5O13. The van der Waals surface area contributed by atoms with Crippen LogP contribution in [-0.2, 0) is 24.0 Å². The van der Waals surface area contributed by atoms with Crippen molar-refractivity contribution in [3.8, 4) is 0 Å². The molecule has 0 aromatic rings. The van der Waals surface area contributed by atoms with E-state index in [2.05, 4.69) is 0 Å². The number of carboxylic acid groups (broad SMARTS) is 4. The highest BCUT2D eigenvalue weighted by atomic mass is 16.4. The second kappa shape index (κ2) is 27.2. The highest BCUT2D eigenvalue weighted by Crippen LogP contribution is 1.97. The molecule has 18 heteroatoms. The molecule has 18 nitrogen and oxygen atoms in total. The lowest BCUT2D eigenvalue weighted by Gasteiger charge is -2.16. The molecule has 0 unspecified atom stereocenters. The zero-order valence-electron chi connectivity index (χ0n) is 20.9. The number of hydrogen-bond acceptors (Lipinski definition) is 14. The highest BCUT2D eigenvalue weighted by molar-refractivity contribution is 5.80. The van der Waals surface area contributed by atoms with Crippen molar-refractivity contribution in [1.29, 1.82) is 0 Å². The maximum absolute atomic E-state index is 10.1. The fourth-order valence-corrected chi connectivity index (χ4v) is 1.78. The zero-order chi connectivity index (χ0) is 30.8. The molecule has 0 aromatic heterocycles. The van der Waals surface area contributed by atoms with E-state index in [1.807, 2.05) is 0 Å². The Morgan fingerprint density at radius 2 is 1.08 bits per heavy atom. The average Bonchev–Trinajstić information content (AvgIpc) is 2.86. The largest absolute Gasteiger partial charge is 0.481 e. The van der Waals surface area contributed by atoms with Crippen molar-refractivity contribution in [1.82, 2.24) is 0 Å². The predicted octanol–water partition coefficient (Wildman–Crippen LogP) is -5.20. The number of aliphatic hydroxyl groups is 4. The van der Waals surface area contributed by atoms with Crippen LogP contribution in [0.4, 0.5) is 0 Å². The van der Waals surface area contributed by atoms with Gasteiger partial charge in [0.25, 0.3) is 0 Å². The first-order chi connectivity index (χ1) is 17.5. The van der Waals surface area contributed by atoms with Gasteiger partial charge in [0, 0.05) is 0 Å². The number of aliphatic carboxylic acids is 4. The molecule has 0 radical (unpaired) electrons. The third kappa shape index (κ3) is 29.4. The second-order valence-electron chi connectivity index (χ2n) is 7.51. The quantitative estimate of drug-likeness (QED) is 0.0618. The number of rotatable bonds is 16. The van der Waals surface area contributed by atoms with E-state index in [1.54, 1.807) is 0 Å². The topological polar surface area (TPSA) is 377 Å². The summed E-state index contributed by atoms with van der Waals surface area (Å²) in [5.74, 6) is -4.39. The maximum Gasteiger partial charge on any atom is 0.321 e. The van der Waals surface area contributed by atoms with Crippen LogP contribution in [-0.4, -0.2) is 127 Å². The van der Waals surface area contributed by atoms with Crippen molar-refractivity contribution in [2.24, 2.45) is 28.7 Å². The first kappa shape index (κ1) is 42.3. The molecule has 0 aliphatic carbocycles. The summed E-state index contributed by atoms with van der Waals surface area (Å²) in [6.45, 7) is 0.416. The van der Waals surface area contributed by atoms with Gasteiger partial charge in [0.05, 0.1) is 13.0 Å². The lowest BCUT2D eigenvalue weighted by molar-refractivity contribution is -0.144. The molecule has 0 saturated carbocycles. The van der Waals surface area contributed by atoms with Crippen LogP contribution in [0.5, 0.6) is 0 Å². The van der Waals surface area contributed by atoms with E-state index in [1.165, 1.54) is 0 Å². The summed E-state index contributed by atoms with van der Waals surface area (Å²) >= 11 is 0. The monoisotopic (exact) mass is 561 g/mol. The van der Waals surface area contributed by atoms with Crippen molar-refractivity contribution in [3.05, 3.63) is 0 Å². The Kier molecular flexibility index (Phi) is 30.3. The number of carboxylic acids is 4. The smallest absolute Gasteiger partial charge is 0.321 e. The Bertz CT molecular complexity index is 657. The molecule has 0 aromatic carbocycles. The molecule has 0 aliphatic rings. The van der Waals surface area contributed by atoms with Crippen LogP contribution in [0, 0.1) is 0 Å². The Balaban J connectivity index is -0.000000203. The number of aldehydes is 1. The Hall–Kier alpha value is -2.81. The predicted molar refractivity (Wildman–Crippen MR) is 131 cm³/mol. The van der Waals surface area contributed by atoms with Crippen molar-refractivity contribution < 1.29 is 64.8 Å². The van der Waals surface area contributed by atoms with Crippen molar-refractivity contribution in [3.63, 3.8) is 0 Å². The van der Waals surface area contributed by atoms with Crippen molar-refractivity contribution in [2.45, 2.75) is 75.0 Å². The average molecular weight is 562 g/mol. The van der Waals surface area contributed by atoms with Crippen LogP contribution in [0.3, 0.4) is 0 Å². The van der Waals surface area contributed by atoms with Gasteiger partial charge in [-0.2, -0.15) is 0 Å². The molecular weight excluding hydrogens is 518 g/mol. The van der Waals surface area contributed by atoms with E-state index < -0.39 is 73.3 Å². The van der Waals surface area contributed by atoms with Crippen molar-refractivity contribution in [2.75, 3.05) is 19.7 Å². The van der Waals surface area contributed by atoms with E-state index in [9.17, 15) is 24.0 Å². The maximum atomic E-state index is 10.1. The standard InChI is InChI=1S/C6H14N2O2.C5H12N2O2.C5H10O5.C4H7NO4/c7-4-2-1-3-5(8)6(9)10;6-3-1-2-4(7)5(8)9;6-1-3(8)5(10)4(9)2-7;5-2(4(8)9)1-3(6)7/h5H,1-4,7-8H2,(H,9,10);4H,1-3,6-7H2,(H,8,9);1,3-5,7-10H,2H2;2H,1,5H2,(H,6,7)(H,8,9)/t5-;4-;3-,4-,5+;2-/m0010/s1. The van der Waals surface area contributed by atoms with Gasteiger partial charge in [0.15, 0.2) is 6.29 Å². The molecule has 6 atom stereocenters. The van der Waals surface area contributed by atoms with E-state index in [-0.39, 0.29) is 6.29 Å². The minimum atomic E-state index is -1.64. The highest BCUT2D eigenvalue weighted by Gasteiger charge is 2.22. The third-order valence-corrected chi connectivity index (χ3v) is 4.11. The van der Waals surface area contributed by atoms with E-state index in [4.69, 9.17) is 69.5 Å². The summed E-state index contributed by atoms with van der Waals surface area (Å²) in [6, 6.07) is -2.75. The van der Waals surface area contributed by atoms with Gasteiger partial charge in [-0.1, -0.05) is 6.42 Å². The summed E-state index contributed by atoms with van der Waals surface area (Å²) in [7, 11) is 0. The second-order valence-corrected chi connectivity index (χ2v) is 7.51.